The molecule has 0 bridgehead atoms. The molecule has 2 N–H and O–H groups in total. The van der Waals surface area contributed by atoms with Crippen LogP contribution in [0.5, 0.6) is 0 Å². The summed E-state index contributed by atoms with van der Waals surface area (Å²) in [5, 5.41) is 5.82. The predicted molar refractivity (Wildman–Crippen MR) is 106 cm³/mol. The maximum atomic E-state index is 12.0. The summed E-state index contributed by atoms with van der Waals surface area (Å²) in [7, 11) is 0. The minimum atomic E-state index is -0.334. The van der Waals surface area contributed by atoms with Crippen LogP contribution in [0.15, 0.2) is 18.3 Å². The second kappa shape index (κ2) is 8.85. The summed E-state index contributed by atoms with van der Waals surface area (Å²) in [4.78, 5) is 30.3. The molecule has 3 fully saturated rings. The number of imide groups is 1. The zero-order chi connectivity index (χ0) is 19.3. The van der Waals surface area contributed by atoms with Crippen molar-refractivity contribution >= 4 is 11.8 Å². The van der Waals surface area contributed by atoms with E-state index in [4.69, 9.17) is 0 Å². The summed E-state index contributed by atoms with van der Waals surface area (Å²) < 4.78 is 0. The van der Waals surface area contributed by atoms with Gasteiger partial charge in [0.25, 0.3) is 0 Å². The number of piperidine rings is 3. The van der Waals surface area contributed by atoms with Crippen LogP contribution < -0.4 is 10.6 Å². The molecule has 1 aromatic heterocycles. The van der Waals surface area contributed by atoms with Crippen LogP contribution in [0.2, 0.25) is 0 Å². The highest BCUT2D eigenvalue weighted by Crippen LogP contribution is 2.24. The fraction of sp³-hybridized carbons (Fsp3) is 0.591. The minimum Gasteiger partial charge on any atom is -0.317 e. The van der Waals surface area contributed by atoms with E-state index in [0.29, 0.717) is 24.5 Å². The van der Waals surface area contributed by atoms with Crippen LogP contribution in [0.3, 0.4) is 0 Å². The van der Waals surface area contributed by atoms with Gasteiger partial charge in [-0.1, -0.05) is 11.8 Å². The summed E-state index contributed by atoms with van der Waals surface area (Å²) >= 11 is 0. The third kappa shape index (κ3) is 4.60. The molecule has 1 atom stereocenters. The molecular weight excluding hydrogens is 352 g/mol. The summed E-state index contributed by atoms with van der Waals surface area (Å²) in [5.74, 6) is 6.35. The van der Waals surface area contributed by atoms with Gasteiger partial charge in [-0.3, -0.25) is 19.9 Å². The number of carbonyl (C=O) groups is 2. The van der Waals surface area contributed by atoms with Gasteiger partial charge in [0.1, 0.15) is 0 Å². The van der Waals surface area contributed by atoms with Crippen LogP contribution in [0.1, 0.15) is 55.7 Å². The molecule has 1 unspecified atom stereocenters. The number of carbonyl (C=O) groups excluding carboxylic acids is 2. The van der Waals surface area contributed by atoms with E-state index in [1.54, 1.807) is 6.20 Å². The Labute approximate surface area is 166 Å². The first-order valence-corrected chi connectivity index (χ1v) is 10.4. The van der Waals surface area contributed by atoms with Crippen molar-refractivity contribution in [2.45, 2.75) is 50.5 Å². The first kappa shape index (κ1) is 19.1. The number of hydrogen-bond donors (Lipinski definition) is 2. The molecule has 0 aliphatic carbocycles. The van der Waals surface area contributed by atoms with Crippen molar-refractivity contribution < 1.29 is 9.59 Å². The molecule has 0 saturated carbocycles. The Hall–Kier alpha value is -2.23. The van der Waals surface area contributed by atoms with Crippen LogP contribution in [0.25, 0.3) is 0 Å². The molecule has 0 aromatic carbocycles. The van der Waals surface area contributed by atoms with Crippen molar-refractivity contribution in [3.05, 3.63) is 29.6 Å². The van der Waals surface area contributed by atoms with Crippen molar-refractivity contribution in [1.29, 1.82) is 0 Å². The maximum absolute atomic E-state index is 12.0. The maximum Gasteiger partial charge on any atom is 0.235 e. The van der Waals surface area contributed by atoms with Gasteiger partial charge in [0.15, 0.2) is 0 Å². The van der Waals surface area contributed by atoms with E-state index >= 15 is 0 Å². The van der Waals surface area contributed by atoms with E-state index in [-0.39, 0.29) is 17.7 Å². The van der Waals surface area contributed by atoms with Gasteiger partial charge >= 0.3 is 0 Å². The van der Waals surface area contributed by atoms with Crippen LogP contribution in [0, 0.1) is 17.8 Å². The normalized spacial score (nSPS) is 25.1. The third-order valence-corrected chi connectivity index (χ3v) is 6.16. The fourth-order valence-corrected chi connectivity index (χ4v) is 4.43. The summed E-state index contributed by atoms with van der Waals surface area (Å²) in [6.45, 7) is 4.59. The standard InChI is InChI=1S/C22H28N4O2/c27-21-6-4-19(22(28)25-21)20-5-3-17(15-24-20)2-1-16-9-13-26(14-10-16)18-7-11-23-12-8-18/h3,5,15-16,18-19,23H,4,6-14H2,(H,25,27,28). The lowest BCUT2D eigenvalue weighted by molar-refractivity contribution is -0.134. The molecule has 1 aromatic rings. The summed E-state index contributed by atoms with van der Waals surface area (Å²) in [5.41, 5.74) is 1.60. The number of nitrogens with one attached hydrogen (secondary N) is 2. The number of aromatic nitrogens is 1. The lowest BCUT2D eigenvalue weighted by Gasteiger charge is -2.38. The molecule has 0 spiro atoms. The molecular formula is C22H28N4O2. The van der Waals surface area contributed by atoms with Gasteiger partial charge in [0.05, 0.1) is 11.6 Å². The predicted octanol–water partition coefficient (Wildman–Crippen LogP) is 1.42. The van der Waals surface area contributed by atoms with Gasteiger partial charge in [-0.05, 0) is 70.4 Å². The highest BCUT2D eigenvalue weighted by atomic mass is 16.2. The van der Waals surface area contributed by atoms with Gasteiger partial charge in [0, 0.05) is 30.1 Å². The zero-order valence-corrected chi connectivity index (χ0v) is 16.2. The first-order valence-electron chi connectivity index (χ1n) is 10.4. The van der Waals surface area contributed by atoms with Gasteiger partial charge < -0.3 is 10.2 Å². The van der Waals surface area contributed by atoms with Gasteiger partial charge in [0.2, 0.25) is 11.8 Å². The monoisotopic (exact) mass is 380 g/mol. The number of rotatable bonds is 2. The number of hydrogen-bond acceptors (Lipinski definition) is 5. The Balaban J connectivity index is 1.30. The molecule has 0 radical (unpaired) electrons. The van der Waals surface area contributed by atoms with Crippen molar-refractivity contribution in [2.75, 3.05) is 26.2 Å². The topological polar surface area (TPSA) is 74.3 Å². The smallest absolute Gasteiger partial charge is 0.235 e. The second-order valence-electron chi connectivity index (χ2n) is 8.04. The van der Waals surface area contributed by atoms with Crippen molar-refractivity contribution in [1.82, 2.24) is 20.5 Å². The van der Waals surface area contributed by atoms with E-state index in [0.717, 1.165) is 50.6 Å². The van der Waals surface area contributed by atoms with Crippen LogP contribution in [-0.4, -0.2) is 53.9 Å². The van der Waals surface area contributed by atoms with E-state index in [2.05, 4.69) is 32.4 Å². The summed E-state index contributed by atoms with van der Waals surface area (Å²) in [6.07, 6.45) is 7.45. The van der Waals surface area contributed by atoms with Gasteiger partial charge in [-0.2, -0.15) is 0 Å². The second-order valence-corrected chi connectivity index (χ2v) is 8.04. The molecule has 4 rings (SSSR count). The van der Waals surface area contributed by atoms with Gasteiger partial charge in [-0.15, -0.1) is 0 Å². The lowest BCUT2D eigenvalue weighted by Crippen LogP contribution is -2.46. The number of amides is 2. The third-order valence-electron chi connectivity index (χ3n) is 6.16. The highest BCUT2D eigenvalue weighted by Gasteiger charge is 2.29. The summed E-state index contributed by atoms with van der Waals surface area (Å²) in [6, 6.07) is 4.55. The van der Waals surface area contributed by atoms with Crippen LogP contribution >= 0.6 is 0 Å². The van der Waals surface area contributed by atoms with E-state index in [1.165, 1.54) is 12.8 Å². The Kier molecular flexibility index (Phi) is 6.04. The molecule has 3 saturated heterocycles. The highest BCUT2D eigenvalue weighted by molar-refractivity contribution is 6.00. The zero-order valence-electron chi connectivity index (χ0n) is 16.2. The Morgan fingerprint density at radius 1 is 1.04 bits per heavy atom. The average molecular weight is 380 g/mol. The Morgan fingerprint density at radius 3 is 2.50 bits per heavy atom. The Bertz CT molecular complexity index is 766. The SMILES string of the molecule is O=C1CCC(c2ccc(C#CC3CCN(C4CCNCC4)CC3)cn2)C(=O)N1. The number of likely N-dealkylation sites (tertiary alicyclic amines) is 1. The lowest BCUT2D eigenvalue weighted by atomic mass is 9.93. The molecule has 2 amide bonds. The van der Waals surface area contributed by atoms with Crippen LogP contribution in [0.4, 0.5) is 0 Å². The quantitative estimate of drug-likeness (QED) is 0.600. The molecule has 6 heteroatoms. The van der Waals surface area contributed by atoms with E-state index in [9.17, 15) is 9.59 Å². The molecule has 148 valence electrons. The van der Waals surface area contributed by atoms with E-state index in [1.807, 2.05) is 12.1 Å². The number of pyridine rings is 1. The largest absolute Gasteiger partial charge is 0.317 e. The molecule has 3 aliphatic rings. The van der Waals surface area contributed by atoms with Crippen molar-refractivity contribution in [2.24, 2.45) is 5.92 Å². The first-order chi connectivity index (χ1) is 13.7. The molecule has 3 aliphatic heterocycles. The minimum absolute atomic E-state index is 0.199. The fourth-order valence-electron chi connectivity index (χ4n) is 4.43. The molecule has 4 heterocycles. The van der Waals surface area contributed by atoms with Gasteiger partial charge in [-0.25, -0.2) is 0 Å². The Morgan fingerprint density at radius 2 is 1.82 bits per heavy atom. The van der Waals surface area contributed by atoms with E-state index < -0.39 is 0 Å². The molecule has 6 nitrogen and oxygen atoms in total. The molecule has 28 heavy (non-hydrogen) atoms. The van der Waals surface area contributed by atoms with Crippen molar-refractivity contribution in [3.63, 3.8) is 0 Å². The van der Waals surface area contributed by atoms with Crippen molar-refractivity contribution in [3.8, 4) is 11.8 Å². The van der Waals surface area contributed by atoms with Crippen LogP contribution in [-0.2, 0) is 9.59 Å². The number of nitrogens with zero attached hydrogens (tertiary/aromatic N) is 2. The average Bonchev–Trinajstić information content (AvgIpc) is 2.74.